The molecule has 4 aliphatic rings. The number of rotatable bonds is 4. The lowest BCUT2D eigenvalue weighted by atomic mass is 9.74. The van der Waals surface area contributed by atoms with E-state index in [9.17, 15) is 9.59 Å². The van der Waals surface area contributed by atoms with Gasteiger partial charge < -0.3 is 0 Å². The number of Topliss-reactive ketones (excluding diaryl/α,β-unsaturated/α-hetero) is 2. The molecule has 1 aromatic heterocycles. The maximum absolute atomic E-state index is 12.6. The van der Waals surface area contributed by atoms with Gasteiger partial charge >= 0.3 is 0 Å². The maximum atomic E-state index is 12.6. The summed E-state index contributed by atoms with van der Waals surface area (Å²) in [5.74, 6) is 0.943. The van der Waals surface area contributed by atoms with Gasteiger partial charge in [0, 0.05) is 24.3 Å². The summed E-state index contributed by atoms with van der Waals surface area (Å²) in [5, 5.41) is 2.12. The number of ketones is 2. The fraction of sp³-hybridized carbons (Fsp3) is 0.667. The first-order valence-electron chi connectivity index (χ1n) is 13.9. The predicted octanol–water partition coefficient (Wildman–Crippen LogP) is 6.71. The lowest BCUT2D eigenvalue weighted by Gasteiger charge is -2.42. The summed E-state index contributed by atoms with van der Waals surface area (Å²) in [6.45, 7) is 10.6. The van der Waals surface area contributed by atoms with Gasteiger partial charge in [-0.05, 0) is 114 Å². The van der Waals surface area contributed by atoms with Crippen molar-refractivity contribution >= 4 is 22.9 Å². The van der Waals surface area contributed by atoms with Crippen LogP contribution in [-0.2, 0) is 16.1 Å². The van der Waals surface area contributed by atoms with Crippen molar-refractivity contribution in [2.24, 2.45) is 0 Å². The Labute approximate surface area is 216 Å². The highest BCUT2D eigenvalue weighted by Gasteiger charge is 2.51. The van der Waals surface area contributed by atoms with Gasteiger partial charge in [0.25, 0.3) is 0 Å². The summed E-state index contributed by atoms with van der Waals surface area (Å²) in [6, 6.07) is 4.28. The molecule has 0 N–H and O–H groups in total. The second-order valence-corrected chi connectivity index (χ2v) is 11.6. The summed E-state index contributed by atoms with van der Waals surface area (Å²) in [5.41, 5.74) is 2.34. The van der Waals surface area contributed by atoms with Crippen LogP contribution in [0.25, 0.3) is 0 Å². The molecule has 3 heterocycles. The molecule has 0 bridgehead atoms. The first kappa shape index (κ1) is 26.5. The van der Waals surface area contributed by atoms with E-state index in [4.69, 9.17) is 0 Å². The number of hydrogen-bond acceptors (Lipinski definition) is 5. The molecule has 2 atom stereocenters. The molecule has 5 rings (SSSR count). The summed E-state index contributed by atoms with van der Waals surface area (Å²) in [7, 11) is 0. The summed E-state index contributed by atoms with van der Waals surface area (Å²) in [6.07, 6.45) is 15.8. The van der Waals surface area contributed by atoms with E-state index in [1.165, 1.54) is 22.4 Å². The second-order valence-electron chi connectivity index (χ2n) is 10.6. The highest BCUT2D eigenvalue weighted by Crippen LogP contribution is 2.44. The van der Waals surface area contributed by atoms with E-state index in [1.807, 2.05) is 0 Å². The fourth-order valence-corrected chi connectivity index (χ4v) is 8.04. The Morgan fingerprint density at radius 3 is 1.94 bits per heavy atom. The maximum Gasteiger partial charge on any atom is 0.157 e. The third kappa shape index (κ3) is 4.89. The van der Waals surface area contributed by atoms with Crippen LogP contribution in [0.3, 0.4) is 0 Å². The van der Waals surface area contributed by atoms with Gasteiger partial charge in [-0.1, -0.05) is 25.1 Å². The monoisotopic (exact) mass is 496 g/mol. The molecular weight excluding hydrogens is 452 g/mol. The summed E-state index contributed by atoms with van der Waals surface area (Å²) < 4.78 is 0. The van der Waals surface area contributed by atoms with Crippen molar-refractivity contribution in [3.8, 4) is 0 Å². The van der Waals surface area contributed by atoms with Crippen LogP contribution in [0.15, 0.2) is 40.8 Å². The number of carbonyl (C=O) groups excluding carboxylic acids is 2. The molecule has 2 aliphatic heterocycles. The van der Waals surface area contributed by atoms with Crippen molar-refractivity contribution in [2.75, 3.05) is 19.6 Å². The second kappa shape index (κ2) is 11.7. The molecule has 2 saturated carbocycles. The van der Waals surface area contributed by atoms with Gasteiger partial charge in [-0.3, -0.25) is 19.4 Å². The number of allylic oxidation sites excluding steroid dienone is 2. The highest BCUT2D eigenvalue weighted by molar-refractivity contribution is 7.09. The molecule has 0 radical (unpaired) electrons. The van der Waals surface area contributed by atoms with Crippen LogP contribution in [0.1, 0.15) is 96.3 Å². The first-order chi connectivity index (χ1) is 17.0. The van der Waals surface area contributed by atoms with Gasteiger partial charge in [-0.2, -0.15) is 0 Å². The predicted molar refractivity (Wildman–Crippen MR) is 146 cm³/mol. The molecule has 0 aromatic carbocycles. The third-order valence-corrected chi connectivity index (χ3v) is 9.68. The lowest BCUT2D eigenvalue weighted by molar-refractivity contribution is -0.130. The lowest BCUT2D eigenvalue weighted by Crippen LogP contribution is -2.53. The number of nitrogens with zero attached hydrogens (tertiary/aromatic N) is 2. The quantitative estimate of drug-likeness (QED) is 0.434. The van der Waals surface area contributed by atoms with E-state index >= 15 is 0 Å². The SMILES string of the molecule is C/C=C1\CCCC(=O)C12CCCN2CCC.C/C=C1\CCCC(=O)C12CCCN2Cc1cccs1. The third-order valence-electron chi connectivity index (χ3n) is 8.82. The molecule has 2 saturated heterocycles. The van der Waals surface area contributed by atoms with Crippen molar-refractivity contribution in [3.05, 3.63) is 45.7 Å². The molecular formula is C30H44N2O2S. The molecule has 2 spiro atoms. The average molecular weight is 497 g/mol. The standard InChI is InChI=1S/C16H21NOS.C14H23NO/c1-2-13-6-3-8-15(18)16(13)9-5-10-17(16)12-14-7-4-11-19-14;1-3-10-15-11-6-9-14(15)12(4-2)7-5-8-13(14)16/h2,4,7,11H,3,5-6,8-10,12H2,1H3;4H,3,5-11H2,1-2H3/b13-2+;12-4+. The molecule has 4 nitrogen and oxygen atoms in total. The molecule has 192 valence electrons. The fourth-order valence-electron chi connectivity index (χ4n) is 7.32. The number of hydrogen-bond donors (Lipinski definition) is 0. The normalized spacial score (nSPS) is 32.2. The van der Waals surface area contributed by atoms with Crippen LogP contribution in [0, 0.1) is 0 Å². The summed E-state index contributed by atoms with van der Waals surface area (Å²) >= 11 is 1.79. The Morgan fingerprint density at radius 2 is 1.43 bits per heavy atom. The van der Waals surface area contributed by atoms with Gasteiger partial charge in [-0.15, -0.1) is 11.3 Å². The van der Waals surface area contributed by atoms with Crippen molar-refractivity contribution in [1.82, 2.24) is 9.80 Å². The minimum absolute atomic E-state index is 0.178. The molecule has 0 amide bonds. The smallest absolute Gasteiger partial charge is 0.157 e. The van der Waals surface area contributed by atoms with Crippen molar-refractivity contribution in [1.29, 1.82) is 0 Å². The Kier molecular flexibility index (Phi) is 8.83. The van der Waals surface area contributed by atoms with E-state index < -0.39 is 0 Å². The minimum Gasteiger partial charge on any atom is -0.297 e. The van der Waals surface area contributed by atoms with E-state index in [2.05, 4.69) is 60.2 Å². The number of likely N-dealkylation sites (tertiary alicyclic amines) is 2. The van der Waals surface area contributed by atoms with Crippen LogP contribution in [0.2, 0.25) is 0 Å². The van der Waals surface area contributed by atoms with Gasteiger partial charge in [0.15, 0.2) is 11.6 Å². The van der Waals surface area contributed by atoms with Crippen molar-refractivity contribution in [2.45, 2.75) is 109 Å². The molecule has 4 fully saturated rings. The van der Waals surface area contributed by atoms with E-state index in [0.29, 0.717) is 11.6 Å². The largest absolute Gasteiger partial charge is 0.297 e. The number of carbonyl (C=O) groups is 2. The van der Waals surface area contributed by atoms with Crippen LogP contribution >= 0.6 is 11.3 Å². The van der Waals surface area contributed by atoms with Crippen LogP contribution in [-0.4, -0.2) is 52.1 Å². The van der Waals surface area contributed by atoms with E-state index in [-0.39, 0.29) is 11.1 Å². The average Bonchev–Trinajstić information content (AvgIpc) is 3.61. The van der Waals surface area contributed by atoms with Gasteiger partial charge in [0.05, 0.1) is 0 Å². The van der Waals surface area contributed by atoms with E-state index in [0.717, 1.165) is 90.4 Å². The van der Waals surface area contributed by atoms with Crippen LogP contribution in [0.4, 0.5) is 0 Å². The first-order valence-corrected chi connectivity index (χ1v) is 14.8. The van der Waals surface area contributed by atoms with Crippen LogP contribution < -0.4 is 0 Å². The Balaban J connectivity index is 0.000000168. The molecule has 2 aliphatic carbocycles. The zero-order valence-electron chi connectivity index (χ0n) is 22.1. The Hall–Kier alpha value is -1.56. The van der Waals surface area contributed by atoms with Gasteiger partial charge in [-0.25, -0.2) is 0 Å². The molecule has 2 unspecified atom stereocenters. The zero-order valence-corrected chi connectivity index (χ0v) is 22.9. The topological polar surface area (TPSA) is 40.6 Å². The minimum atomic E-state index is -0.253. The van der Waals surface area contributed by atoms with E-state index in [1.54, 1.807) is 11.3 Å². The molecule has 35 heavy (non-hydrogen) atoms. The summed E-state index contributed by atoms with van der Waals surface area (Å²) in [4.78, 5) is 31.3. The molecule has 5 heteroatoms. The Bertz CT molecular complexity index is 950. The van der Waals surface area contributed by atoms with Crippen molar-refractivity contribution < 1.29 is 9.59 Å². The Morgan fingerprint density at radius 1 is 0.857 bits per heavy atom. The highest BCUT2D eigenvalue weighted by atomic mass is 32.1. The van der Waals surface area contributed by atoms with Gasteiger partial charge in [0.2, 0.25) is 0 Å². The molecule has 1 aromatic rings. The zero-order chi connectivity index (χ0) is 24.9. The van der Waals surface area contributed by atoms with Crippen LogP contribution in [0.5, 0.6) is 0 Å². The van der Waals surface area contributed by atoms with Crippen molar-refractivity contribution in [3.63, 3.8) is 0 Å². The van der Waals surface area contributed by atoms with Gasteiger partial charge in [0.1, 0.15) is 11.1 Å². The number of thiophene rings is 1.